The molecule has 1 heterocycles. The first-order chi connectivity index (χ1) is 14.6. The van der Waals surface area contributed by atoms with Gasteiger partial charge < -0.3 is 9.30 Å². The molecule has 1 aromatic carbocycles. The summed E-state index contributed by atoms with van der Waals surface area (Å²) >= 11 is 1.53. The number of thiazole rings is 1. The predicted molar refractivity (Wildman–Crippen MR) is 116 cm³/mol. The van der Waals surface area contributed by atoms with Crippen molar-refractivity contribution in [3.8, 4) is 16.5 Å². The molecule has 0 aliphatic heterocycles. The highest BCUT2D eigenvalue weighted by atomic mass is 32.1. The Balaban J connectivity index is 1.51. The van der Waals surface area contributed by atoms with E-state index in [0.717, 1.165) is 52.3 Å². The van der Waals surface area contributed by atoms with Crippen molar-refractivity contribution >= 4 is 17.2 Å². The third-order valence-corrected chi connectivity index (χ3v) is 8.29. The molecule has 4 fully saturated rings. The van der Waals surface area contributed by atoms with Crippen LogP contribution in [0.1, 0.15) is 44.1 Å². The van der Waals surface area contributed by atoms with Crippen molar-refractivity contribution in [2.45, 2.75) is 45.1 Å². The minimum atomic E-state index is -0.223. The van der Waals surface area contributed by atoms with E-state index in [0.29, 0.717) is 18.7 Å². The molecule has 1 aromatic heterocycles. The topological polar surface area (TPSA) is 67.4 Å². The SMILES string of the molecule is COCCn1cc(-c2cccc(C#N)c2)s/c1=N\C(=O)C12CC3CC(CC(C3)C1)C2. The van der Waals surface area contributed by atoms with Gasteiger partial charge in [-0.05, 0) is 74.0 Å². The Labute approximate surface area is 181 Å². The lowest BCUT2D eigenvalue weighted by Gasteiger charge is -2.55. The van der Waals surface area contributed by atoms with E-state index in [1.165, 1.54) is 30.6 Å². The zero-order valence-corrected chi connectivity index (χ0v) is 18.2. The second-order valence-corrected chi connectivity index (χ2v) is 10.4. The fourth-order valence-corrected chi connectivity index (χ4v) is 7.28. The van der Waals surface area contributed by atoms with E-state index < -0.39 is 0 Å². The van der Waals surface area contributed by atoms with E-state index in [4.69, 9.17) is 9.73 Å². The van der Waals surface area contributed by atoms with E-state index in [1.54, 1.807) is 13.2 Å². The van der Waals surface area contributed by atoms with E-state index >= 15 is 0 Å². The number of methoxy groups -OCH3 is 1. The molecule has 156 valence electrons. The summed E-state index contributed by atoms with van der Waals surface area (Å²) in [6, 6.07) is 9.78. The number of ether oxygens (including phenoxy) is 1. The Bertz CT molecular complexity index is 1040. The van der Waals surface area contributed by atoms with Crippen molar-refractivity contribution < 1.29 is 9.53 Å². The lowest BCUT2D eigenvalue weighted by Crippen LogP contribution is -2.49. The minimum Gasteiger partial charge on any atom is -0.383 e. The number of rotatable bonds is 5. The van der Waals surface area contributed by atoms with Crippen LogP contribution in [0.2, 0.25) is 0 Å². The van der Waals surface area contributed by atoms with Crippen molar-refractivity contribution in [3.63, 3.8) is 0 Å². The number of carbonyl (C=O) groups excluding carboxylic acids is 1. The monoisotopic (exact) mass is 421 g/mol. The number of hydrogen-bond acceptors (Lipinski definition) is 4. The Kier molecular flexibility index (Phi) is 5.12. The average Bonchev–Trinajstić information content (AvgIpc) is 3.14. The molecule has 30 heavy (non-hydrogen) atoms. The largest absolute Gasteiger partial charge is 0.383 e. The summed E-state index contributed by atoms with van der Waals surface area (Å²) in [4.78, 5) is 20.0. The maximum Gasteiger partial charge on any atom is 0.254 e. The first kappa shape index (κ1) is 19.7. The Morgan fingerprint density at radius 3 is 2.60 bits per heavy atom. The molecule has 4 aliphatic rings. The molecular formula is C24H27N3O2S. The second-order valence-electron chi connectivity index (χ2n) is 9.37. The highest BCUT2D eigenvalue weighted by molar-refractivity contribution is 7.12. The quantitative estimate of drug-likeness (QED) is 0.720. The molecule has 0 N–H and O–H groups in total. The first-order valence-electron chi connectivity index (χ1n) is 10.9. The molecule has 1 amide bonds. The summed E-state index contributed by atoms with van der Waals surface area (Å²) in [6.07, 6.45) is 9.08. The number of carbonyl (C=O) groups is 1. The molecule has 4 saturated carbocycles. The summed E-state index contributed by atoms with van der Waals surface area (Å²) in [5, 5.41) is 9.22. The predicted octanol–water partition coefficient (Wildman–Crippen LogP) is 4.38. The van der Waals surface area contributed by atoms with Gasteiger partial charge in [0.05, 0.1) is 28.5 Å². The highest BCUT2D eigenvalue weighted by Crippen LogP contribution is 2.60. The molecule has 0 radical (unpaired) electrons. The molecule has 0 unspecified atom stereocenters. The fraction of sp³-hybridized carbons (Fsp3) is 0.542. The number of nitrogens with zero attached hydrogens (tertiary/aromatic N) is 3. The molecule has 6 heteroatoms. The van der Waals surface area contributed by atoms with Crippen LogP contribution in [0.25, 0.3) is 10.4 Å². The van der Waals surface area contributed by atoms with Gasteiger partial charge in [0, 0.05) is 19.9 Å². The molecule has 5 nitrogen and oxygen atoms in total. The summed E-state index contributed by atoms with van der Waals surface area (Å²) < 4.78 is 7.30. The van der Waals surface area contributed by atoms with Crippen molar-refractivity contribution in [2.75, 3.05) is 13.7 Å². The fourth-order valence-electron chi connectivity index (χ4n) is 6.27. The lowest BCUT2D eigenvalue weighted by molar-refractivity contribution is -0.142. The van der Waals surface area contributed by atoms with E-state index in [1.807, 2.05) is 29.0 Å². The first-order valence-corrected chi connectivity index (χ1v) is 11.7. The van der Waals surface area contributed by atoms with Gasteiger partial charge in [-0.3, -0.25) is 4.79 Å². The second kappa shape index (κ2) is 7.79. The van der Waals surface area contributed by atoms with Crippen LogP contribution in [0.4, 0.5) is 0 Å². The van der Waals surface area contributed by atoms with Gasteiger partial charge in [-0.15, -0.1) is 0 Å². The number of amides is 1. The van der Waals surface area contributed by atoms with Gasteiger partial charge in [0.15, 0.2) is 4.80 Å². The highest BCUT2D eigenvalue weighted by Gasteiger charge is 2.54. The van der Waals surface area contributed by atoms with Gasteiger partial charge in [-0.2, -0.15) is 10.3 Å². The van der Waals surface area contributed by atoms with E-state index in [2.05, 4.69) is 6.07 Å². The Morgan fingerprint density at radius 2 is 1.97 bits per heavy atom. The van der Waals surface area contributed by atoms with Crippen molar-refractivity contribution in [1.29, 1.82) is 5.26 Å². The molecule has 0 saturated heterocycles. The smallest absolute Gasteiger partial charge is 0.254 e. The van der Waals surface area contributed by atoms with Crippen LogP contribution in [0.3, 0.4) is 0 Å². The molecule has 0 spiro atoms. The van der Waals surface area contributed by atoms with Crippen LogP contribution in [0, 0.1) is 34.5 Å². The maximum absolute atomic E-state index is 13.5. The van der Waals surface area contributed by atoms with Gasteiger partial charge in [0.1, 0.15) is 0 Å². The van der Waals surface area contributed by atoms with E-state index in [-0.39, 0.29) is 11.3 Å². The number of nitriles is 1. The van der Waals surface area contributed by atoms with Gasteiger partial charge in [0.2, 0.25) is 0 Å². The van der Waals surface area contributed by atoms with E-state index in [9.17, 15) is 10.1 Å². The van der Waals surface area contributed by atoms with Crippen LogP contribution >= 0.6 is 11.3 Å². The number of benzene rings is 1. The zero-order chi connectivity index (χ0) is 20.7. The standard InChI is InChI=1S/C24H27N3O2S/c1-29-6-5-27-15-21(20-4-2-3-16(10-20)14-25)30-23(27)26-22(28)24-11-17-7-18(12-24)9-19(8-17)13-24/h2-4,10,15,17-19H,5-9,11-13H2,1H3/b26-23-. The molecule has 0 atom stereocenters. The van der Waals surface area contributed by atoms with Gasteiger partial charge in [-0.25, -0.2) is 0 Å². The van der Waals surface area contributed by atoms with Crippen molar-refractivity contribution in [1.82, 2.24) is 4.57 Å². The van der Waals surface area contributed by atoms with Gasteiger partial charge in [0.25, 0.3) is 5.91 Å². The number of hydrogen-bond donors (Lipinski definition) is 0. The van der Waals surface area contributed by atoms with Crippen molar-refractivity contribution in [2.24, 2.45) is 28.2 Å². The average molecular weight is 422 g/mol. The van der Waals surface area contributed by atoms with Crippen LogP contribution in [-0.2, 0) is 16.1 Å². The van der Waals surface area contributed by atoms with Crippen LogP contribution in [-0.4, -0.2) is 24.2 Å². The normalized spacial score (nSPS) is 29.9. The molecular weight excluding hydrogens is 394 g/mol. The molecule has 4 bridgehead atoms. The third-order valence-electron chi connectivity index (χ3n) is 7.22. The minimum absolute atomic E-state index is 0.0898. The molecule has 4 aliphatic carbocycles. The zero-order valence-electron chi connectivity index (χ0n) is 17.3. The summed E-state index contributed by atoms with van der Waals surface area (Å²) in [5.74, 6) is 2.27. The summed E-state index contributed by atoms with van der Waals surface area (Å²) in [7, 11) is 1.68. The maximum atomic E-state index is 13.5. The molecule has 6 rings (SSSR count). The van der Waals surface area contributed by atoms with Crippen molar-refractivity contribution in [3.05, 3.63) is 40.8 Å². The van der Waals surface area contributed by atoms with Gasteiger partial charge in [-0.1, -0.05) is 23.5 Å². The Hall–Kier alpha value is -2.23. The van der Waals surface area contributed by atoms with Gasteiger partial charge >= 0.3 is 0 Å². The lowest BCUT2D eigenvalue weighted by atomic mass is 9.49. The van der Waals surface area contributed by atoms with Crippen LogP contribution in [0.5, 0.6) is 0 Å². The number of aromatic nitrogens is 1. The summed E-state index contributed by atoms with van der Waals surface area (Å²) in [6.45, 7) is 1.21. The Morgan fingerprint density at radius 1 is 1.27 bits per heavy atom. The van der Waals surface area contributed by atoms with Crippen LogP contribution in [0.15, 0.2) is 35.5 Å². The summed E-state index contributed by atoms with van der Waals surface area (Å²) in [5.41, 5.74) is 1.39. The third kappa shape index (κ3) is 3.55. The molecule has 2 aromatic rings. The van der Waals surface area contributed by atoms with Crippen LogP contribution < -0.4 is 4.80 Å².